The third-order valence-corrected chi connectivity index (χ3v) is 3.02. The lowest BCUT2D eigenvalue weighted by molar-refractivity contribution is -0.139. The largest absolute Gasteiger partial charge is 0.416 e. The van der Waals surface area contributed by atoms with Crippen LogP contribution >= 0.6 is 0 Å². The van der Waals surface area contributed by atoms with Gasteiger partial charge < -0.3 is 5.11 Å². The summed E-state index contributed by atoms with van der Waals surface area (Å²) in [4.78, 5) is 3.55. The molecule has 0 fully saturated rings. The first-order valence-corrected chi connectivity index (χ1v) is 5.73. The lowest BCUT2D eigenvalue weighted by Crippen LogP contribution is -2.27. The van der Waals surface area contributed by atoms with Gasteiger partial charge in [0.2, 0.25) is 0 Å². The summed E-state index contributed by atoms with van der Waals surface area (Å²) in [6, 6.07) is 5.60. The van der Waals surface area contributed by atoms with Crippen molar-refractivity contribution >= 4 is 0 Å². The molecule has 1 aromatic heterocycles. The number of aliphatic hydroxyl groups is 1. The van der Waals surface area contributed by atoms with Crippen molar-refractivity contribution in [2.45, 2.75) is 18.7 Å². The Morgan fingerprint density at radius 2 is 1.65 bits per heavy atom. The van der Waals surface area contributed by atoms with Crippen LogP contribution in [0.5, 0.6) is 0 Å². The number of pyridine rings is 1. The van der Waals surface area contributed by atoms with Crippen molar-refractivity contribution in [1.82, 2.24) is 4.98 Å². The number of rotatable bonds is 2. The molecule has 1 aromatic carbocycles. The number of halogens is 4. The molecule has 2 nitrogen and oxygen atoms in total. The maximum atomic E-state index is 13.2. The maximum absolute atomic E-state index is 13.2. The highest BCUT2D eigenvalue weighted by Crippen LogP contribution is 2.39. The van der Waals surface area contributed by atoms with Crippen molar-refractivity contribution in [3.8, 4) is 0 Å². The van der Waals surface area contributed by atoms with Gasteiger partial charge in [-0.25, -0.2) is 4.39 Å². The first-order valence-electron chi connectivity index (χ1n) is 5.73. The van der Waals surface area contributed by atoms with E-state index in [0.717, 1.165) is 30.6 Å². The van der Waals surface area contributed by atoms with Crippen LogP contribution in [0.2, 0.25) is 0 Å². The Labute approximate surface area is 112 Å². The molecule has 2 rings (SSSR count). The molecule has 1 N–H and O–H groups in total. The smallest absolute Gasteiger partial charge is 0.381 e. The van der Waals surface area contributed by atoms with Gasteiger partial charge in [0.05, 0.1) is 11.8 Å². The minimum absolute atomic E-state index is 0.0470. The number of nitrogens with zero attached hydrogens (tertiary/aromatic N) is 1. The van der Waals surface area contributed by atoms with Crippen molar-refractivity contribution in [1.29, 1.82) is 0 Å². The number of alkyl halides is 3. The zero-order valence-electron chi connectivity index (χ0n) is 10.4. The van der Waals surface area contributed by atoms with Gasteiger partial charge in [0.15, 0.2) is 0 Å². The van der Waals surface area contributed by atoms with Crippen LogP contribution in [-0.2, 0) is 11.8 Å². The molecule has 0 spiro atoms. The van der Waals surface area contributed by atoms with E-state index in [1.165, 1.54) is 19.1 Å². The Kier molecular flexibility index (Phi) is 3.52. The van der Waals surface area contributed by atoms with Crippen LogP contribution in [0.1, 0.15) is 23.6 Å². The molecule has 0 saturated carbocycles. The highest BCUT2D eigenvalue weighted by atomic mass is 19.4. The van der Waals surface area contributed by atoms with E-state index in [1.807, 2.05) is 0 Å². The van der Waals surface area contributed by atoms with Gasteiger partial charge in [-0.2, -0.15) is 13.2 Å². The molecule has 2 aromatic rings. The molecule has 20 heavy (non-hydrogen) atoms. The van der Waals surface area contributed by atoms with Gasteiger partial charge in [0.1, 0.15) is 11.4 Å². The van der Waals surface area contributed by atoms with E-state index in [2.05, 4.69) is 4.98 Å². The SMILES string of the molecule is CC(O)(c1cncc(F)c1)c1ccccc1C(F)(F)F. The molecule has 1 heterocycles. The van der Waals surface area contributed by atoms with Crippen LogP contribution in [0.25, 0.3) is 0 Å². The molecule has 0 aliphatic rings. The van der Waals surface area contributed by atoms with E-state index in [4.69, 9.17) is 0 Å². The molecule has 0 aliphatic heterocycles. The van der Waals surface area contributed by atoms with Crippen LogP contribution in [0, 0.1) is 5.82 Å². The average molecular weight is 285 g/mol. The van der Waals surface area contributed by atoms with E-state index in [-0.39, 0.29) is 11.1 Å². The Bertz CT molecular complexity index is 623. The summed E-state index contributed by atoms with van der Waals surface area (Å²) in [5, 5.41) is 10.4. The molecule has 1 atom stereocenters. The fraction of sp³-hybridized carbons (Fsp3) is 0.214. The number of hydrogen-bond donors (Lipinski definition) is 1. The second kappa shape index (κ2) is 4.86. The highest BCUT2D eigenvalue weighted by Gasteiger charge is 2.39. The average Bonchev–Trinajstić information content (AvgIpc) is 2.38. The topological polar surface area (TPSA) is 33.1 Å². The zero-order valence-corrected chi connectivity index (χ0v) is 10.4. The zero-order chi connectivity index (χ0) is 15.0. The van der Waals surface area contributed by atoms with Gasteiger partial charge in [0, 0.05) is 11.8 Å². The van der Waals surface area contributed by atoms with Crippen molar-refractivity contribution in [3.05, 3.63) is 65.2 Å². The highest BCUT2D eigenvalue weighted by molar-refractivity contribution is 5.40. The van der Waals surface area contributed by atoms with Crippen LogP contribution in [0.4, 0.5) is 17.6 Å². The van der Waals surface area contributed by atoms with Crippen molar-refractivity contribution in [2.24, 2.45) is 0 Å². The van der Waals surface area contributed by atoms with Crippen LogP contribution in [0.3, 0.4) is 0 Å². The van der Waals surface area contributed by atoms with Crippen molar-refractivity contribution in [3.63, 3.8) is 0 Å². The second-order valence-electron chi connectivity index (χ2n) is 4.51. The first kappa shape index (κ1) is 14.5. The molecular weight excluding hydrogens is 274 g/mol. The van der Waals surface area contributed by atoms with E-state index < -0.39 is 23.2 Å². The quantitative estimate of drug-likeness (QED) is 0.857. The standard InChI is InChI=1S/C14H11F4NO/c1-13(20,9-6-10(15)8-19-7-9)11-4-2-3-5-12(11)14(16,17)18/h2-8,20H,1H3. The summed E-state index contributed by atoms with van der Waals surface area (Å²) in [6.07, 6.45) is -2.56. The van der Waals surface area contributed by atoms with E-state index in [9.17, 15) is 22.7 Å². The van der Waals surface area contributed by atoms with E-state index in [1.54, 1.807) is 0 Å². The molecule has 0 saturated heterocycles. The summed E-state index contributed by atoms with van der Waals surface area (Å²) >= 11 is 0. The fourth-order valence-electron chi connectivity index (χ4n) is 1.99. The lowest BCUT2D eigenvalue weighted by atomic mass is 9.86. The summed E-state index contributed by atoms with van der Waals surface area (Å²) in [6.45, 7) is 1.17. The Hall–Kier alpha value is -1.95. The van der Waals surface area contributed by atoms with E-state index in [0.29, 0.717) is 0 Å². The number of hydrogen-bond acceptors (Lipinski definition) is 2. The Morgan fingerprint density at radius 1 is 1.05 bits per heavy atom. The third kappa shape index (κ3) is 2.65. The number of aromatic nitrogens is 1. The van der Waals surface area contributed by atoms with Crippen LogP contribution < -0.4 is 0 Å². The van der Waals surface area contributed by atoms with Gasteiger partial charge in [0.25, 0.3) is 0 Å². The monoisotopic (exact) mass is 285 g/mol. The first-order chi connectivity index (χ1) is 9.23. The fourth-order valence-corrected chi connectivity index (χ4v) is 1.99. The summed E-state index contributed by atoms with van der Waals surface area (Å²) in [5.74, 6) is -0.729. The van der Waals surface area contributed by atoms with Crippen molar-refractivity contribution in [2.75, 3.05) is 0 Å². The second-order valence-corrected chi connectivity index (χ2v) is 4.51. The predicted molar refractivity (Wildman–Crippen MR) is 64.3 cm³/mol. The molecule has 1 unspecified atom stereocenters. The predicted octanol–water partition coefficient (Wildman–Crippen LogP) is 3.50. The maximum Gasteiger partial charge on any atom is 0.416 e. The summed E-state index contributed by atoms with van der Waals surface area (Å²) in [5.41, 5.74) is -3.36. The molecule has 0 bridgehead atoms. The summed E-state index contributed by atoms with van der Waals surface area (Å²) in [7, 11) is 0. The molecule has 0 amide bonds. The Morgan fingerprint density at radius 3 is 2.20 bits per heavy atom. The molecule has 0 aliphatic carbocycles. The van der Waals surface area contributed by atoms with E-state index >= 15 is 0 Å². The van der Waals surface area contributed by atoms with Gasteiger partial charge in [-0.3, -0.25) is 4.98 Å². The van der Waals surface area contributed by atoms with Crippen LogP contribution in [-0.4, -0.2) is 10.1 Å². The normalized spacial score (nSPS) is 14.9. The van der Waals surface area contributed by atoms with Crippen LogP contribution in [0.15, 0.2) is 42.7 Å². The van der Waals surface area contributed by atoms with Gasteiger partial charge in [-0.15, -0.1) is 0 Å². The van der Waals surface area contributed by atoms with Gasteiger partial charge >= 0.3 is 6.18 Å². The lowest BCUT2D eigenvalue weighted by Gasteiger charge is -2.27. The third-order valence-electron chi connectivity index (χ3n) is 3.02. The Balaban J connectivity index is 2.61. The molecule has 6 heteroatoms. The van der Waals surface area contributed by atoms with Crippen molar-refractivity contribution < 1.29 is 22.7 Å². The van der Waals surface area contributed by atoms with Gasteiger partial charge in [-0.1, -0.05) is 18.2 Å². The minimum Gasteiger partial charge on any atom is -0.381 e. The molecule has 0 radical (unpaired) electrons. The van der Waals surface area contributed by atoms with Gasteiger partial charge in [-0.05, 0) is 24.6 Å². The number of benzene rings is 1. The minimum atomic E-state index is -4.61. The summed E-state index contributed by atoms with van der Waals surface area (Å²) < 4.78 is 52.1. The molecular formula is C14H11F4NO. The molecule has 106 valence electrons.